The predicted octanol–water partition coefficient (Wildman–Crippen LogP) is 1.92. The molecule has 1 rings (SSSR count). The van der Waals surface area contributed by atoms with Crippen LogP contribution in [0.5, 0.6) is 0 Å². The van der Waals surface area contributed by atoms with E-state index in [1.54, 1.807) is 13.2 Å². The SMILES string of the molecule is COCC[C@H](C)NC(=O)Nc1ccc(S(=O)(=O)[C@H](C)C#N)cc1. The van der Waals surface area contributed by atoms with Crippen LogP contribution >= 0.6 is 0 Å². The first-order valence-corrected chi connectivity index (χ1v) is 8.66. The van der Waals surface area contributed by atoms with Gasteiger partial charge in [-0.05, 0) is 44.5 Å². The molecule has 0 aromatic heterocycles. The number of methoxy groups -OCH3 is 1. The molecule has 126 valence electrons. The van der Waals surface area contributed by atoms with Crippen molar-refractivity contribution in [2.75, 3.05) is 19.0 Å². The molecule has 0 saturated carbocycles. The van der Waals surface area contributed by atoms with Gasteiger partial charge in [0.05, 0.1) is 11.0 Å². The smallest absolute Gasteiger partial charge is 0.319 e. The quantitative estimate of drug-likeness (QED) is 0.789. The number of urea groups is 1. The van der Waals surface area contributed by atoms with E-state index < -0.39 is 15.1 Å². The number of hydrogen-bond donors (Lipinski definition) is 2. The predicted molar refractivity (Wildman–Crippen MR) is 86.8 cm³/mol. The van der Waals surface area contributed by atoms with Gasteiger partial charge in [0.1, 0.15) is 5.25 Å². The molecule has 0 saturated heterocycles. The lowest BCUT2D eigenvalue weighted by atomic mass is 10.2. The Morgan fingerprint density at radius 3 is 2.43 bits per heavy atom. The zero-order valence-corrected chi connectivity index (χ0v) is 14.2. The van der Waals surface area contributed by atoms with Crippen molar-refractivity contribution < 1.29 is 17.9 Å². The molecule has 2 atom stereocenters. The second-order valence-corrected chi connectivity index (χ2v) is 7.39. The van der Waals surface area contributed by atoms with E-state index in [4.69, 9.17) is 10.00 Å². The normalized spacial score (nSPS) is 13.7. The van der Waals surface area contributed by atoms with Crippen molar-refractivity contribution in [1.29, 1.82) is 5.26 Å². The van der Waals surface area contributed by atoms with Gasteiger partial charge in [-0.3, -0.25) is 0 Å². The van der Waals surface area contributed by atoms with E-state index >= 15 is 0 Å². The maximum Gasteiger partial charge on any atom is 0.319 e. The van der Waals surface area contributed by atoms with Gasteiger partial charge < -0.3 is 15.4 Å². The van der Waals surface area contributed by atoms with Crippen molar-refractivity contribution in [3.8, 4) is 6.07 Å². The third-order valence-corrected chi connectivity index (χ3v) is 5.19. The number of nitriles is 1. The van der Waals surface area contributed by atoms with Gasteiger partial charge in [-0.25, -0.2) is 13.2 Å². The summed E-state index contributed by atoms with van der Waals surface area (Å²) in [5.41, 5.74) is 0.463. The van der Waals surface area contributed by atoms with Crippen LogP contribution in [0.4, 0.5) is 10.5 Å². The van der Waals surface area contributed by atoms with Crippen LogP contribution in [0.1, 0.15) is 20.3 Å². The first-order chi connectivity index (χ1) is 10.8. The summed E-state index contributed by atoms with van der Waals surface area (Å²) in [5, 5.41) is 13.0. The lowest BCUT2D eigenvalue weighted by Gasteiger charge is -2.14. The molecular formula is C15H21N3O4S. The minimum atomic E-state index is -3.67. The van der Waals surface area contributed by atoms with Crippen molar-refractivity contribution in [3.05, 3.63) is 24.3 Å². The van der Waals surface area contributed by atoms with Gasteiger partial charge in [0.15, 0.2) is 9.84 Å². The summed E-state index contributed by atoms with van der Waals surface area (Å²) < 4.78 is 29.0. The first-order valence-electron chi connectivity index (χ1n) is 7.11. The Morgan fingerprint density at radius 1 is 1.30 bits per heavy atom. The van der Waals surface area contributed by atoms with Gasteiger partial charge in [-0.2, -0.15) is 5.26 Å². The standard InChI is InChI=1S/C15H21N3O4S/c1-11(8-9-22-3)17-15(19)18-13-4-6-14(7-5-13)23(20,21)12(2)10-16/h4-7,11-12H,8-9H2,1-3H3,(H2,17,18,19)/t11-,12+/m0/s1. The fourth-order valence-electron chi connectivity index (χ4n) is 1.76. The van der Waals surface area contributed by atoms with Crippen molar-refractivity contribution in [3.63, 3.8) is 0 Å². The number of benzene rings is 1. The number of ether oxygens (including phenoxy) is 1. The molecule has 8 heteroatoms. The average molecular weight is 339 g/mol. The second-order valence-electron chi connectivity index (χ2n) is 5.12. The summed E-state index contributed by atoms with van der Waals surface area (Å²) in [7, 11) is -2.07. The van der Waals surface area contributed by atoms with Gasteiger partial charge >= 0.3 is 6.03 Å². The molecule has 0 aliphatic rings. The monoisotopic (exact) mass is 339 g/mol. The summed E-state index contributed by atoms with van der Waals surface area (Å²) in [5.74, 6) is 0. The van der Waals surface area contributed by atoms with Crippen LogP contribution in [-0.4, -0.2) is 39.5 Å². The van der Waals surface area contributed by atoms with Gasteiger partial charge in [-0.1, -0.05) is 0 Å². The molecule has 0 spiro atoms. The van der Waals surface area contributed by atoms with E-state index in [0.29, 0.717) is 18.7 Å². The van der Waals surface area contributed by atoms with Crippen LogP contribution in [-0.2, 0) is 14.6 Å². The van der Waals surface area contributed by atoms with Gasteiger partial charge in [0.2, 0.25) is 0 Å². The van der Waals surface area contributed by atoms with Crippen LogP contribution in [0.15, 0.2) is 29.2 Å². The Kier molecular flexibility index (Phi) is 7.00. The number of rotatable bonds is 7. The highest BCUT2D eigenvalue weighted by Crippen LogP contribution is 2.18. The molecule has 0 aliphatic carbocycles. The fourth-order valence-corrected chi connectivity index (χ4v) is 2.82. The van der Waals surface area contributed by atoms with E-state index in [-0.39, 0.29) is 17.0 Å². The van der Waals surface area contributed by atoms with E-state index in [0.717, 1.165) is 0 Å². The molecule has 1 aromatic rings. The maximum atomic E-state index is 12.0. The lowest BCUT2D eigenvalue weighted by molar-refractivity contribution is 0.185. The maximum absolute atomic E-state index is 12.0. The number of hydrogen-bond acceptors (Lipinski definition) is 5. The molecule has 0 heterocycles. The fraction of sp³-hybridized carbons (Fsp3) is 0.467. The highest BCUT2D eigenvalue weighted by atomic mass is 32.2. The number of nitrogens with one attached hydrogen (secondary N) is 2. The topological polar surface area (TPSA) is 108 Å². The number of carbonyl (C=O) groups excluding carboxylic acids is 1. The van der Waals surface area contributed by atoms with E-state index in [1.165, 1.54) is 31.2 Å². The first kappa shape index (κ1) is 18.9. The highest BCUT2D eigenvalue weighted by Gasteiger charge is 2.22. The summed E-state index contributed by atoms with van der Waals surface area (Å²) in [6.45, 7) is 3.74. The molecular weight excluding hydrogens is 318 g/mol. The molecule has 1 aromatic carbocycles. The molecule has 2 amide bonds. The minimum Gasteiger partial charge on any atom is -0.385 e. The number of nitrogens with zero attached hydrogens (tertiary/aromatic N) is 1. The zero-order chi connectivity index (χ0) is 17.5. The van der Waals surface area contributed by atoms with Crippen molar-refractivity contribution in [2.45, 2.75) is 36.5 Å². The Balaban J connectivity index is 2.68. The Hall–Kier alpha value is -2.11. The van der Waals surface area contributed by atoms with Crippen LogP contribution in [0.2, 0.25) is 0 Å². The van der Waals surface area contributed by atoms with E-state index in [1.807, 2.05) is 6.92 Å². The number of carbonyl (C=O) groups is 1. The summed E-state index contributed by atoms with van der Waals surface area (Å²) >= 11 is 0. The Labute approximate surface area is 136 Å². The summed E-state index contributed by atoms with van der Waals surface area (Å²) in [6, 6.07) is 6.98. The van der Waals surface area contributed by atoms with Gasteiger partial charge in [-0.15, -0.1) is 0 Å². The van der Waals surface area contributed by atoms with Gasteiger partial charge in [0, 0.05) is 25.4 Å². The average Bonchev–Trinajstić information content (AvgIpc) is 2.52. The molecule has 23 heavy (non-hydrogen) atoms. The molecule has 0 radical (unpaired) electrons. The minimum absolute atomic E-state index is 0.0472. The Morgan fingerprint density at radius 2 is 1.91 bits per heavy atom. The third kappa shape index (κ3) is 5.54. The van der Waals surface area contributed by atoms with Crippen LogP contribution in [0, 0.1) is 11.3 Å². The third-order valence-electron chi connectivity index (χ3n) is 3.22. The highest BCUT2D eigenvalue weighted by molar-refractivity contribution is 7.92. The van der Waals surface area contributed by atoms with Crippen LogP contribution in [0.3, 0.4) is 0 Å². The molecule has 7 nitrogen and oxygen atoms in total. The van der Waals surface area contributed by atoms with E-state index in [2.05, 4.69) is 10.6 Å². The molecule has 0 fully saturated rings. The molecule has 0 unspecified atom stereocenters. The number of anilines is 1. The van der Waals surface area contributed by atoms with E-state index in [9.17, 15) is 13.2 Å². The lowest BCUT2D eigenvalue weighted by Crippen LogP contribution is -2.36. The number of amides is 2. The molecule has 0 bridgehead atoms. The van der Waals surface area contributed by atoms with Crippen LogP contribution in [0.25, 0.3) is 0 Å². The van der Waals surface area contributed by atoms with Crippen molar-refractivity contribution in [1.82, 2.24) is 5.32 Å². The zero-order valence-electron chi connectivity index (χ0n) is 13.4. The number of sulfone groups is 1. The summed E-state index contributed by atoms with van der Waals surface area (Å²) in [6.07, 6.45) is 0.688. The van der Waals surface area contributed by atoms with Crippen LogP contribution < -0.4 is 10.6 Å². The Bertz CT molecular complexity index is 665. The largest absolute Gasteiger partial charge is 0.385 e. The summed E-state index contributed by atoms with van der Waals surface area (Å²) in [4.78, 5) is 11.8. The van der Waals surface area contributed by atoms with Crippen molar-refractivity contribution >= 4 is 21.6 Å². The van der Waals surface area contributed by atoms with Crippen molar-refractivity contribution in [2.24, 2.45) is 0 Å². The second kappa shape index (κ2) is 8.50. The molecule has 2 N–H and O–H groups in total. The molecule has 0 aliphatic heterocycles. The van der Waals surface area contributed by atoms with Gasteiger partial charge in [0.25, 0.3) is 0 Å².